The molecule has 78 heavy (non-hydrogen) atoms. The van der Waals surface area contributed by atoms with Crippen molar-refractivity contribution < 1.29 is 16.8 Å². The number of benzene rings is 8. The van der Waals surface area contributed by atoms with Crippen LogP contribution in [0, 0.1) is 23.7 Å². The van der Waals surface area contributed by atoms with Gasteiger partial charge in [0.25, 0.3) is 0 Å². The number of fused-ring (bicyclic) bond motifs is 10. The summed E-state index contributed by atoms with van der Waals surface area (Å²) in [5.41, 5.74) is 6.37. The van der Waals surface area contributed by atoms with Crippen LogP contribution >= 0.6 is 16.3 Å². The Morgan fingerprint density at radius 2 is 0.731 bits per heavy atom. The Bertz CT molecular complexity index is 3550. The molecule has 5 aliphatic carbocycles. The molecular weight excluding hydrogens is 995 g/mol. The number of hydrogen-bond acceptors (Lipinski definition) is 6. The molecule has 2 atom stereocenters. The summed E-state index contributed by atoms with van der Waals surface area (Å²) >= 11 is 0. The molecule has 6 nitrogen and oxygen atoms in total. The van der Waals surface area contributed by atoms with Crippen LogP contribution in [0.3, 0.4) is 0 Å². The van der Waals surface area contributed by atoms with Crippen LogP contribution < -0.4 is 9.34 Å². The van der Waals surface area contributed by atoms with E-state index < -0.39 is 16.3 Å². The fourth-order valence-electron chi connectivity index (χ4n) is 14.9. The molecule has 2 aromatic heterocycles. The number of nitrogens with zero attached hydrogens (tertiary/aromatic N) is 2. The first-order valence-corrected chi connectivity index (χ1v) is 32.0. The highest BCUT2D eigenvalue weighted by molar-refractivity contribution is 7.39. The highest BCUT2D eigenvalue weighted by atomic mass is 31.1. The Balaban J connectivity index is 0.000000151. The van der Waals surface area contributed by atoms with Gasteiger partial charge in [0, 0.05) is 45.7 Å². The van der Waals surface area contributed by atoms with E-state index in [1.807, 2.05) is 0 Å². The summed E-state index contributed by atoms with van der Waals surface area (Å²) in [5, 5.41) is 9.41. The monoisotopic (exact) mass is 1070 g/mol. The van der Waals surface area contributed by atoms with Gasteiger partial charge in [0.15, 0.2) is 0 Å². The van der Waals surface area contributed by atoms with E-state index in [1.54, 1.807) is 0 Å². The zero-order valence-electron chi connectivity index (χ0n) is 45.7. The molecule has 0 spiro atoms. The molecule has 8 heteroatoms. The summed E-state index contributed by atoms with van der Waals surface area (Å²) < 4.78 is 33.4. The summed E-state index contributed by atoms with van der Waals surface area (Å²) in [6.07, 6.45) is 21.4. The molecule has 4 bridgehead atoms. The second kappa shape index (κ2) is 23.4. The van der Waals surface area contributed by atoms with E-state index in [0.717, 1.165) is 67.5 Å². The minimum atomic E-state index is -1.42. The van der Waals surface area contributed by atoms with Crippen molar-refractivity contribution in [2.45, 2.75) is 141 Å². The van der Waals surface area contributed by atoms with Crippen LogP contribution in [0.2, 0.25) is 0 Å². The van der Waals surface area contributed by atoms with E-state index in [9.17, 15) is 0 Å². The van der Waals surface area contributed by atoms with Crippen LogP contribution in [0.25, 0.3) is 65.4 Å². The minimum absolute atomic E-state index is 0.186. The molecule has 0 amide bonds. The predicted octanol–water partition coefficient (Wildman–Crippen LogP) is 21.8. The zero-order valence-corrected chi connectivity index (χ0v) is 47.5. The van der Waals surface area contributed by atoms with Gasteiger partial charge in [-0.3, -0.25) is 0 Å². The zero-order chi connectivity index (χ0) is 52.4. The first-order valence-electron chi connectivity index (χ1n) is 29.7. The quantitative estimate of drug-likeness (QED) is 0.151. The van der Waals surface area contributed by atoms with E-state index in [-0.39, 0.29) is 12.1 Å². The van der Waals surface area contributed by atoms with Gasteiger partial charge in [0.1, 0.15) is 22.3 Å². The van der Waals surface area contributed by atoms with Crippen molar-refractivity contribution in [1.82, 2.24) is 0 Å². The largest absolute Gasteiger partial charge is 0.408 e. The second-order valence-corrected chi connectivity index (χ2v) is 26.0. The van der Waals surface area contributed by atoms with Crippen molar-refractivity contribution in [2.24, 2.45) is 23.7 Å². The van der Waals surface area contributed by atoms with Gasteiger partial charge in [-0.05, 0) is 139 Å². The smallest absolute Gasteiger partial charge is 0.310 e. The van der Waals surface area contributed by atoms with Crippen LogP contribution in [0.4, 0.5) is 0 Å². The summed E-state index contributed by atoms with van der Waals surface area (Å²) in [5.74, 6) is 3.27. The fraction of sp³-hybridized carbons (Fsp3) is 0.371. The third-order valence-corrected chi connectivity index (χ3v) is 21.9. The maximum Gasteiger partial charge on any atom is 0.310 e. The minimum Gasteiger partial charge on any atom is -0.408 e. The number of rotatable bonds is 8. The average Bonchev–Trinajstić information content (AvgIpc) is 3.95. The van der Waals surface area contributed by atoms with E-state index in [0.29, 0.717) is 12.1 Å². The molecule has 5 fully saturated rings. The topological polar surface area (TPSA) is 59.0 Å². The lowest BCUT2D eigenvalue weighted by atomic mass is 9.54. The van der Waals surface area contributed by atoms with Crippen molar-refractivity contribution in [3.05, 3.63) is 193 Å². The molecule has 400 valence electrons. The van der Waals surface area contributed by atoms with Crippen molar-refractivity contribution in [3.8, 4) is 0 Å². The lowest BCUT2D eigenvalue weighted by Crippen LogP contribution is -2.56. The Hall–Kier alpha value is -6.00. The number of para-hydroxylation sites is 2. The molecule has 0 N–H and O–H groups in total. The Morgan fingerprint density at radius 1 is 0.359 bits per heavy atom. The summed E-state index contributed by atoms with van der Waals surface area (Å²) in [4.78, 5) is 0. The Labute approximate surface area is 463 Å². The van der Waals surface area contributed by atoms with Crippen molar-refractivity contribution >= 4 is 81.8 Å². The molecule has 10 aromatic rings. The molecule has 8 aromatic carbocycles. The average molecular weight is 1070 g/mol. The molecule has 0 saturated heterocycles. The fourth-order valence-corrected chi connectivity index (χ4v) is 18.5. The van der Waals surface area contributed by atoms with Crippen LogP contribution in [-0.4, -0.2) is 12.1 Å². The first kappa shape index (κ1) is 51.4. The highest BCUT2D eigenvalue weighted by Crippen LogP contribution is 2.59. The van der Waals surface area contributed by atoms with Gasteiger partial charge >= 0.3 is 16.3 Å². The molecule has 15 rings (SSSR count). The summed E-state index contributed by atoms with van der Waals surface area (Å²) in [6, 6.07) is 66.3. The molecule has 5 aliphatic rings. The van der Waals surface area contributed by atoms with Crippen LogP contribution in [-0.2, 0) is 0 Å². The normalized spacial score (nSPS) is 21.9. The third-order valence-electron chi connectivity index (χ3n) is 18.5. The predicted molar refractivity (Wildman–Crippen MR) is 329 cm³/mol. The lowest BCUT2D eigenvalue weighted by Gasteiger charge is -2.57. The highest BCUT2D eigenvalue weighted by Gasteiger charge is 2.52. The van der Waals surface area contributed by atoms with Gasteiger partial charge in [-0.2, -0.15) is 9.34 Å². The van der Waals surface area contributed by atoms with Gasteiger partial charge in [0.05, 0.1) is 0 Å². The lowest BCUT2D eigenvalue weighted by molar-refractivity contribution is -0.00303. The van der Waals surface area contributed by atoms with Gasteiger partial charge in [-0.25, -0.2) is 0 Å². The summed E-state index contributed by atoms with van der Waals surface area (Å²) in [6.45, 7) is 4.71. The second-order valence-electron chi connectivity index (χ2n) is 23.4. The van der Waals surface area contributed by atoms with Gasteiger partial charge < -0.3 is 16.8 Å². The van der Waals surface area contributed by atoms with E-state index in [4.69, 9.17) is 16.8 Å². The molecule has 0 unspecified atom stereocenters. The van der Waals surface area contributed by atoms with Crippen molar-refractivity contribution in [1.29, 1.82) is 0 Å². The van der Waals surface area contributed by atoms with E-state index in [1.165, 1.54) is 135 Å². The van der Waals surface area contributed by atoms with Crippen LogP contribution in [0.1, 0.15) is 140 Å². The Kier molecular flexibility index (Phi) is 15.4. The van der Waals surface area contributed by atoms with Crippen LogP contribution in [0.5, 0.6) is 0 Å². The Morgan fingerprint density at radius 3 is 1.21 bits per heavy atom. The van der Waals surface area contributed by atoms with Gasteiger partial charge in [-0.1, -0.05) is 216 Å². The van der Waals surface area contributed by atoms with Gasteiger partial charge in [0.2, 0.25) is 0 Å². The maximum absolute atomic E-state index is 7.23. The van der Waals surface area contributed by atoms with E-state index in [2.05, 4.69) is 205 Å². The van der Waals surface area contributed by atoms with E-state index >= 15 is 0 Å². The first-order chi connectivity index (χ1) is 38.5. The third kappa shape index (κ3) is 10.5. The van der Waals surface area contributed by atoms with Crippen molar-refractivity contribution in [2.75, 3.05) is 9.34 Å². The molecular formula is C70H76N2O4P2. The molecule has 5 saturated carbocycles. The standard InChI is InChI=1S/C38H36NO2P.C32H40NO2P/c1-24(27-9-3-2-4-10-27)39(38-30-20-25-19-26(22-30)23-31(38)21-25)42-40-34-17-15-28-11-5-7-13-32(28)36(34)37-33-14-8-6-12-29(33)16-18-35(37)41-42;1-26(27-18-10-9-11-19-27)33(28-20-12-7-5-3-2-4-6-8-13-21-28)36-34-31-24-16-14-22-29(31)30-23-15-17-25-32(30)35-36/h2-18,24-26,30-31,38H,19-23H2,1H3;9-11,14-19,22-26,28H,2-8,12-13,20-21H2,1H3/t24-,25?,26?,30?,31?,38?;26-/m11/s1. The van der Waals surface area contributed by atoms with Crippen LogP contribution in [0.15, 0.2) is 199 Å². The maximum atomic E-state index is 7.23. The SMILES string of the molecule is C[C@H](c1ccccc1)N(C1C2CC3CC(C2)CC1C3)p1oc2ccc3ccccc3c2c2c(ccc3ccccc32)o1.C[C@H](c1ccccc1)N(C1CCCCCCCCCCC1)p1oc2ccccc2c2ccccc2o1. The van der Waals surface area contributed by atoms with Gasteiger partial charge in [-0.15, -0.1) is 0 Å². The summed E-state index contributed by atoms with van der Waals surface area (Å²) in [7, 11) is -2.76. The molecule has 0 radical (unpaired) electrons. The van der Waals surface area contributed by atoms with Crippen molar-refractivity contribution in [3.63, 3.8) is 0 Å². The number of hydrogen-bond donors (Lipinski definition) is 0. The molecule has 0 aliphatic heterocycles. The molecule has 2 heterocycles.